The van der Waals surface area contributed by atoms with Gasteiger partial charge in [-0.25, -0.2) is 4.79 Å². The molecule has 1 aliphatic carbocycles. The molecule has 8 nitrogen and oxygen atoms in total. The van der Waals surface area contributed by atoms with Crippen LogP contribution in [0.4, 0.5) is 4.79 Å². The van der Waals surface area contributed by atoms with Crippen molar-refractivity contribution < 1.29 is 24.2 Å². The van der Waals surface area contributed by atoms with Crippen molar-refractivity contribution in [2.75, 3.05) is 6.54 Å². The van der Waals surface area contributed by atoms with Gasteiger partial charge in [-0.2, -0.15) is 0 Å². The smallest absolute Gasteiger partial charge is 0.408 e. The number of ether oxygens (including phenoxy) is 1. The minimum atomic E-state index is -1.02. The molecule has 2 aliphatic rings. The van der Waals surface area contributed by atoms with Gasteiger partial charge in [0.1, 0.15) is 11.6 Å². The summed E-state index contributed by atoms with van der Waals surface area (Å²) < 4.78 is 5.18. The number of carbonyl (C=O) groups excluding carboxylic acids is 2. The predicted molar refractivity (Wildman–Crippen MR) is 105 cm³/mol. The third kappa shape index (κ3) is 7.05. The van der Waals surface area contributed by atoms with Crippen molar-refractivity contribution in [1.82, 2.24) is 16.0 Å². The van der Waals surface area contributed by atoms with E-state index in [0.29, 0.717) is 18.5 Å². The molecule has 158 valence electrons. The van der Waals surface area contributed by atoms with Gasteiger partial charge in [0.15, 0.2) is 0 Å². The lowest BCUT2D eigenvalue weighted by Crippen LogP contribution is -2.48. The van der Waals surface area contributed by atoms with E-state index in [-0.39, 0.29) is 18.7 Å². The lowest BCUT2D eigenvalue weighted by atomic mass is 9.81. The number of carboxylic acids is 1. The van der Waals surface area contributed by atoms with E-state index in [1.807, 2.05) is 0 Å². The molecule has 0 radical (unpaired) electrons. The van der Waals surface area contributed by atoms with Gasteiger partial charge in [-0.05, 0) is 58.2 Å². The Morgan fingerprint density at radius 2 is 2.00 bits per heavy atom. The minimum Gasteiger partial charge on any atom is -0.481 e. The summed E-state index contributed by atoms with van der Waals surface area (Å²) in [4.78, 5) is 35.4. The molecule has 0 aromatic rings. The molecule has 28 heavy (non-hydrogen) atoms. The lowest BCUT2D eigenvalue weighted by molar-refractivity contribution is -0.137. The van der Waals surface area contributed by atoms with Crippen LogP contribution in [0.15, 0.2) is 11.8 Å². The van der Waals surface area contributed by atoms with Gasteiger partial charge < -0.3 is 25.8 Å². The van der Waals surface area contributed by atoms with E-state index in [1.54, 1.807) is 20.8 Å². The Balaban J connectivity index is 1.83. The van der Waals surface area contributed by atoms with Crippen molar-refractivity contribution in [3.63, 3.8) is 0 Å². The molecule has 1 saturated carbocycles. The molecule has 4 N–H and O–H groups in total. The maximum Gasteiger partial charge on any atom is 0.408 e. The van der Waals surface area contributed by atoms with Crippen LogP contribution in [0.25, 0.3) is 0 Å². The first-order valence-electron chi connectivity index (χ1n) is 10.1. The first kappa shape index (κ1) is 22.0. The second-order valence-corrected chi connectivity index (χ2v) is 8.56. The number of carbonyl (C=O) groups is 3. The average molecular weight is 396 g/mol. The highest BCUT2D eigenvalue weighted by molar-refractivity contribution is 5.86. The maximum atomic E-state index is 12.5. The summed E-state index contributed by atoms with van der Waals surface area (Å²) in [6, 6.07) is -0.416. The van der Waals surface area contributed by atoms with E-state index in [2.05, 4.69) is 22.2 Å². The fourth-order valence-electron chi connectivity index (χ4n) is 3.79. The summed E-state index contributed by atoms with van der Waals surface area (Å²) in [5.41, 5.74) is 0.628. The summed E-state index contributed by atoms with van der Waals surface area (Å²) in [7, 11) is 0. The van der Waals surface area contributed by atoms with E-state index in [1.165, 1.54) is 31.3 Å². The van der Waals surface area contributed by atoms with Crippen LogP contribution in [0, 0.1) is 5.92 Å². The molecular weight excluding hydrogens is 362 g/mol. The molecule has 0 saturated heterocycles. The van der Waals surface area contributed by atoms with E-state index in [0.717, 1.165) is 6.42 Å². The number of amides is 2. The average Bonchev–Trinajstić information content (AvgIpc) is 3.00. The third-order valence-electron chi connectivity index (χ3n) is 5.09. The van der Waals surface area contributed by atoms with Gasteiger partial charge in [0.25, 0.3) is 0 Å². The van der Waals surface area contributed by atoms with Crippen molar-refractivity contribution in [3.8, 4) is 0 Å². The molecule has 0 bridgehead atoms. The summed E-state index contributed by atoms with van der Waals surface area (Å²) >= 11 is 0. The third-order valence-corrected chi connectivity index (χ3v) is 5.09. The lowest BCUT2D eigenvalue weighted by Gasteiger charge is -2.27. The molecule has 0 spiro atoms. The second kappa shape index (κ2) is 9.80. The van der Waals surface area contributed by atoms with Gasteiger partial charge in [-0.1, -0.05) is 12.8 Å². The number of hydrogen-bond acceptors (Lipinski definition) is 5. The van der Waals surface area contributed by atoms with Crippen LogP contribution in [0.1, 0.15) is 65.7 Å². The Bertz CT molecular complexity index is 611. The van der Waals surface area contributed by atoms with Crippen LogP contribution in [-0.2, 0) is 14.3 Å². The summed E-state index contributed by atoms with van der Waals surface area (Å²) in [6.07, 6.45) is 6.75. The highest BCUT2D eigenvalue weighted by Gasteiger charge is 2.31. The summed E-state index contributed by atoms with van der Waals surface area (Å²) in [5.74, 6) is -0.860. The molecule has 2 amide bonds. The predicted octanol–water partition coefficient (Wildman–Crippen LogP) is 2.30. The summed E-state index contributed by atoms with van der Waals surface area (Å²) in [5, 5.41) is 17.7. The first-order chi connectivity index (χ1) is 13.2. The van der Waals surface area contributed by atoms with Gasteiger partial charge >= 0.3 is 12.1 Å². The van der Waals surface area contributed by atoms with E-state index in [9.17, 15) is 14.4 Å². The number of aliphatic carboxylic acids is 1. The molecule has 2 unspecified atom stereocenters. The van der Waals surface area contributed by atoms with E-state index in [4.69, 9.17) is 9.84 Å². The van der Waals surface area contributed by atoms with Crippen LogP contribution in [0.3, 0.4) is 0 Å². The highest BCUT2D eigenvalue weighted by atomic mass is 16.6. The van der Waals surface area contributed by atoms with Crippen molar-refractivity contribution >= 4 is 18.0 Å². The van der Waals surface area contributed by atoms with Gasteiger partial charge in [-0.3, -0.25) is 9.59 Å². The van der Waals surface area contributed by atoms with Crippen LogP contribution >= 0.6 is 0 Å². The SMILES string of the molecule is CC(C)(C)OC(=O)N[C@@H](CCC(=O)O)C(=O)NCCC1=CNC2CCCCC12. The standard InChI is InChI=1S/C20H33N3O5/c1-20(2,3)28-19(27)23-16(8-9-17(24)25)18(26)21-11-10-13-12-22-15-7-5-4-6-14(13)15/h12,14-16,22H,4-11H2,1-3H3,(H,21,26)(H,23,27)(H,24,25)/t14?,15?,16-/m0/s1. The zero-order valence-electron chi connectivity index (χ0n) is 17.0. The molecule has 2 rings (SSSR count). The Morgan fingerprint density at radius 1 is 1.29 bits per heavy atom. The number of rotatable bonds is 8. The Kier molecular flexibility index (Phi) is 7.71. The van der Waals surface area contributed by atoms with Crippen molar-refractivity contribution in [2.45, 2.75) is 83.4 Å². The fraction of sp³-hybridized carbons (Fsp3) is 0.750. The molecule has 0 aromatic heterocycles. The first-order valence-corrected chi connectivity index (χ1v) is 10.1. The van der Waals surface area contributed by atoms with Gasteiger partial charge in [0.05, 0.1) is 0 Å². The molecule has 1 heterocycles. The van der Waals surface area contributed by atoms with Crippen LogP contribution in [0.2, 0.25) is 0 Å². The van der Waals surface area contributed by atoms with Crippen LogP contribution < -0.4 is 16.0 Å². The number of alkyl carbamates (subject to hydrolysis) is 1. The molecule has 3 atom stereocenters. The number of nitrogens with one attached hydrogen (secondary N) is 3. The summed E-state index contributed by atoms with van der Waals surface area (Å²) in [6.45, 7) is 5.62. The normalized spacial score (nSPS) is 22.3. The maximum absolute atomic E-state index is 12.5. The Hall–Kier alpha value is -2.25. The zero-order chi connectivity index (χ0) is 20.7. The van der Waals surface area contributed by atoms with Crippen molar-refractivity contribution in [1.29, 1.82) is 0 Å². The van der Waals surface area contributed by atoms with Crippen molar-refractivity contribution in [3.05, 3.63) is 11.8 Å². The molecule has 1 fully saturated rings. The highest BCUT2D eigenvalue weighted by Crippen LogP contribution is 2.34. The topological polar surface area (TPSA) is 117 Å². The minimum absolute atomic E-state index is 0.00929. The van der Waals surface area contributed by atoms with Crippen LogP contribution in [-0.4, -0.2) is 47.3 Å². The monoisotopic (exact) mass is 395 g/mol. The van der Waals surface area contributed by atoms with E-state index < -0.39 is 23.7 Å². The number of hydrogen-bond donors (Lipinski definition) is 4. The van der Waals surface area contributed by atoms with Gasteiger partial charge in [0.2, 0.25) is 5.91 Å². The van der Waals surface area contributed by atoms with Crippen LogP contribution in [0.5, 0.6) is 0 Å². The second-order valence-electron chi connectivity index (χ2n) is 8.56. The number of fused-ring (bicyclic) bond motifs is 1. The van der Waals surface area contributed by atoms with Crippen molar-refractivity contribution in [2.24, 2.45) is 5.92 Å². The Morgan fingerprint density at radius 3 is 2.68 bits per heavy atom. The van der Waals surface area contributed by atoms with Gasteiger partial charge in [0, 0.05) is 24.9 Å². The van der Waals surface area contributed by atoms with Gasteiger partial charge in [-0.15, -0.1) is 0 Å². The quantitative estimate of drug-likeness (QED) is 0.501. The largest absolute Gasteiger partial charge is 0.481 e. The van der Waals surface area contributed by atoms with E-state index >= 15 is 0 Å². The fourth-order valence-corrected chi connectivity index (χ4v) is 3.79. The number of carboxylic acid groups (broad SMARTS) is 1. The molecule has 1 aliphatic heterocycles. The zero-order valence-corrected chi connectivity index (χ0v) is 17.0. The molecular formula is C20H33N3O5. The molecule has 8 heteroatoms. The molecule has 0 aromatic carbocycles. The Labute approximate surface area is 166 Å².